The van der Waals surface area contributed by atoms with Gasteiger partial charge in [0.25, 0.3) is 0 Å². The van der Waals surface area contributed by atoms with Gasteiger partial charge in [0.05, 0.1) is 11.1 Å². The van der Waals surface area contributed by atoms with Crippen molar-refractivity contribution in [1.82, 2.24) is 0 Å². The molecule has 8 heteroatoms. The zero-order valence-corrected chi connectivity index (χ0v) is 23.0. The van der Waals surface area contributed by atoms with Gasteiger partial charge in [0.15, 0.2) is 37.9 Å². The third-order valence-corrected chi connectivity index (χ3v) is 7.24. The predicted molar refractivity (Wildman–Crippen MR) is 148 cm³/mol. The maximum absolute atomic E-state index is 13.6. The normalized spacial score (nSPS) is 12.0. The molecule has 214 valence electrons. The van der Waals surface area contributed by atoms with Crippen LogP contribution >= 0.6 is 0 Å². The van der Waals surface area contributed by atoms with Crippen LogP contribution in [0, 0.1) is 13.8 Å². The van der Waals surface area contributed by atoms with E-state index >= 15 is 0 Å². The molecule has 0 aliphatic heterocycles. The van der Waals surface area contributed by atoms with Crippen LogP contribution in [0.3, 0.4) is 0 Å². The minimum atomic E-state index is -4.91. The van der Waals surface area contributed by atoms with Gasteiger partial charge in [-0.1, -0.05) is 60.7 Å². The van der Waals surface area contributed by atoms with Gasteiger partial charge < -0.3 is 0 Å². The molecule has 0 atom stereocenters. The van der Waals surface area contributed by atoms with E-state index in [9.17, 15) is 26.3 Å². The molecule has 0 N–H and O–H groups in total. The van der Waals surface area contributed by atoms with E-state index in [-0.39, 0.29) is 18.2 Å². The lowest BCUT2D eigenvalue weighted by atomic mass is 9.97. The maximum atomic E-state index is 13.6. The summed E-state index contributed by atoms with van der Waals surface area (Å²) in [6.45, 7) is 4.49. The summed E-state index contributed by atoms with van der Waals surface area (Å²) in [7, 11) is 0. The van der Waals surface area contributed by atoms with E-state index in [2.05, 4.69) is 42.1 Å². The smallest absolute Gasteiger partial charge is 0.200 e. The van der Waals surface area contributed by atoms with E-state index in [1.807, 2.05) is 55.5 Å². The van der Waals surface area contributed by atoms with E-state index < -0.39 is 23.5 Å². The van der Waals surface area contributed by atoms with Crippen molar-refractivity contribution in [3.8, 4) is 22.3 Å². The van der Waals surface area contributed by atoms with Gasteiger partial charge in [-0.2, -0.15) is 26.3 Å². The van der Waals surface area contributed by atoms with Gasteiger partial charge in [-0.15, -0.1) is 0 Å². The van der Waals surface area contributed by atoms with E-state index in [1.54, 1.807) is 17.0 Å². The molecule has 0 unspecified atom stereocenters. The fraction of sp³-hybridized carbons (Fsp3) is 0.176. The van der Waals surface area contributed by atoms with Crippen molar-refractivity contribution in [2.24, 2.45) is 0 Å². The van der Waals surface area contributed by atoms with Crippen molar-refractivity contribution in [2.75, 3.05) is 0 Å². The van der Waals surface area contributed by atoms with Gasteiger partial charge in [-0.3, -0.25) is 0 Å². The van der Waals surface area contributed by atoms with Crippen molar-refractivity contribution < 1.29 is 35.5 Å². The Morgan fingerprint density at radius 1 is 0.571 bits per heavy atom. The van der Waals surface area contributed by atoms with E-state index in [0.717, 1.165) is 46.0 Å². The first-order chi connectivity index (χ1) is 19.9. The number of rotatable bonds is 6. The Kier molecular flexibility index (Phi) is 7.91. The highest BCUT2D eigenvalue weighted by molar-refractivity contribution is 5.72. The lowest BCUT2D eigenvalue weighted by Crippen LogP contribution is -2.35. The highest BCUT2D eigenvalue weighted by Gasteiger charge is 2.38. The Balaban J connectivity index is 1.35. The van der Waals surface area contributed by atoms with Gasteiger partial charge in [0.1, 0.15) is 0 Å². The Labute approximate surface area is 240 Å². The lowest BCUT2D eigenvalue weighted by molar-refractivity contribution is -0.688. The summed E-state index contributed by atoms with van der Waals surface area (Å²) in [6.07, 6.45) is -2.24. The summed E-state index contributed by atoms with van der Waals surface area (Å²) in [4.78, 5) is 0. The first-order valence-corrected chi connectivity index (χ1v) is 13.3. The van der Waals surface area contributed by atoms with Crippen molar-refractivity contribution >= 4 is 0 Å². The average molecular weight is 579 g/mol. The van der Waals surface area contributed by atoms with Crippen LogP contribution in [0.5, 0.6) is 0 Å². The second-order valence-corrected chi connectivity index (χ2v) is 10.4. The van der Waals surface area contributed by atoms with Crippen molar-refractivity contribution in [3.05, 3.63) is 143 Å². The summed E-state index contributed by atoms with van der Waals surface area (Å²) >= 11 is 0. The van der Waals surface area contributed by atoms with Gasteiger partial charge in [0, 0.05) is 34.4 Å². The van der Waals surface area contributed by atoms with Crippen molar-refractivity contribution in [3.63, 3.8) is 0 Å². The Morgan fingerprint density at radius 2 is 1.10 bits per heavy atom. The topological polar surface area (TPSA) is 7.76 Å². The van der Waals surface area contributed by atoms with Gasteiger partial charge in [-0.25, -0.2) is 9.13 Å². The number of nitrogens with zero attached hydrogens (tertiary/aromatic N) is 2. The van der Waals surface area contributed by atoms with Crippen LogP contribution in [0.2, 0.25) is 0 Å². The molecule has 5 aromatic rings. The monoisotopic (exact) mass is 578 g/mol. The highest BCUT2D eigenvalue weighted by atomic mass is 19.4. The predicted octanol–water partition coefficient (Wildman–Crippen LogP) is 8.35. The highest BCUT2D eigenvalue weighted by Crippen LogP contribution is 2.37. The number of aromatic nitrogens is 2. The molecular weight excluding hydrogens is 550 g/mol. The van der Waals surface area contributed by atoms with Crippen LogP contribution in [0.1, 0.15) is 33.4 Å². The number of alkyl halides is 6. The molecule has 0 aliphatic carbocycles. The van der Waals surface area contributed by atoms with E-state index in [4.69, 9.17) is 0 Å². The second kappa shape index (κ2) is 11.4. The SMILES string of the molecule is Cc1c[n+](Cc2ccccc2)ccc1-c1ccc(-c2cc[n+](Cc3ccc(C(F)(F)F)cc3C(F)(F)F)cc2C)cc1. The fourth-order valence-corrected chi connectivity index (χ4v) is 5.15. The van der Waals surface area contributed by atoms with Crippen LogP contribution < -0.4 is 9.13 Å². The van der Waals surface area contributed by atoms with E-state index in [1.165, 1.54) is 5.56 Å². The second-order valence-electron chi connectivity index (χ2n) is 10.4. The first kappa shape index (κ1) is 29.0. The number of aryl methyl sites for hydroxylation is 2. The minimum Gasteiger partial charge on any atom is -0.200 e. The fourth-order valence-electron chi connectivity index (χ4n) is 5.15. The quantitative estimate of drug-likeness (QED) is 0.141. The molecule has 0 aliphatic rings. The average Bonchev–Trinajstić information content (AvgIpc) is 2.93. The first-order valence-electron chi connectivity index (χ1n) is 13.3. The molecule has 2 heterocycles. The van der Waals surface area contributed by atoms with Gasteiger partial charge in [-0.05, 0) is 48.2 Å². The summed E-state index contributed by atoms with van der Waals surface area (Å²) in [5, 5.41) is 0. The van der Waals surface area contributed by atoms with Crippen LogP contribution in [0.15, 0.2) is 110 Å². The molecule has 0 radical (unpaired) electrons. The summed E-state index contributed by atoms with van der Waals surface area (Å²) < 4.78 is 83.6. The zero-order chi connectivity index (χ0) is 30.1. The third kappa shape index (κ3) is 6.54. The molecule has 0 fully saturated rings. The van der Waals surface area contributed by atoms with Gasteiger partial charge >= 0.3 is 12.4 Å². The molecule has 0 spiro atoms. The Hall–Kier alpha value is -4.46. The zero-order valence-electron chi connectivity index (χ0n) is 23.0. The van der Waals surface area contributed by atoms with Crippen molar-refractivity contribution in [2.45, 2.75) is 39.3 Å². The Bertz CT molecular complexity index is 1710. The standard InChI is InChI=1S/C34H28F6N2/c1-23-19-41(21-25-6-4-3-5-7-25)16-14-30(23)26-8-10-27(11-9-26)31-15-17-42(20-24(31)2)22-28-12-13-29(33(35,36)37)18-32(28)34(38,39)40/h3-20H,21-22H2,1-2H3/q+2. The van der Waals surface area contributed by atoms with Crippen LogP contribution in [0.4, 0.5) is 26.3 Å². The molecular formula is C34H28F6N2+2. The number of pyridine rings is 2. The number of benzene rings is 3. The molecule has 3 aromatic carbocycles. The molecule has 0 amide bonds. The summed E-state index contributed by atoms with van der Waals surface area (Å²) in [5.41, 5.74) is 4.37. The van der Waals surface area contributed by atoms with Crippen molar-refractivity contribution in [1.29, 1.82) is 0 Å². The molecule has 42 heavy (non-hydrogen) atoms. The van der Waals surface area contributed by atoms with Gasteiger partial charge in [0.2, 0.25) is 0 Å². The molecule has 2 aromatic heterocycles. The maximum Gasteiger partial charge on any atom is 0.416 e. The van der Waals surface area contributed by atoms with Crippen LogP contribution in [0.25, 0.3) is 22.3 Å². The Morgan fingerprint density at radius 3 is 1.57 bits per heavy atom. The minimum absolute atomic E-state index is 0.176. The lowest BCUT2D eigenvalue weighted by Gasteiger charge is -2.15. The van der Waals surface area contributed by atoms with E-state index in [0.29, 0.717) is 6.07 Å². The van der Waals surface area contributed by atoms with Crippen LogP contribution in [-0.4, -0.2) is 0 Å². The summed E-state index contributed by atoms with van der Waals surface area (Å²) in [5.74, 6) is 0. The largest absolute Gasteiger partial charge is 0.416 e. The molecule has 0 saturated carbocycles. The molecule has 2 nitrogen and oxygen atoms in total. The molecule has 5 rings (SSSR count). The molecule has 0 bridgehead atoms. The number of hydrogen-bond acceptors (Lipinski definition) is 0. The third-order valence-electron chi connectivity index (χ3n) is 7.24. The number of hydrogen-bond donors (Lipinski definition) is 0. The molecule has 0 saturated heterocycles. The number of halogens is 6. The van der Waals surface area contributed by atoms with Crippen LogP contribution in [-0.2, 0) is 25.4 Å². The summed E-state index contributed by atoms with van der Waals surface area (Å²) in [6, 6.07) is 24.0.